The minimum atomic E-state index is -4.55. The molecule has 8 nitrogen and oxygen atoms in total. The summed E-state index contributed by atoms with van der Waals surface area (Å²) >= 11 is 5.80. The lowest BCUT2D eigenvalue weighted by molar-refractivity contribution is -0.137. The third-order valence-electron chi connectivity index (χ3n) is 5.90. The van der Waals surface area contributed by atoms with Gasteiger partial charge in [0.2, 0.25) is 0 Å². The monoisotopic (exact) mass is 514 g/mol. The number of alkyl halides is 3. The molecule has 1 amide bonds. The van der Waals surface area contributed by atoms with E-state index in [1.165, 1.54) is 11.0 Å². The van der Waals surface area contributed by atoms with Crippen LogP contribution in [-0.2, 0) is 35.3 Å². The van der Waals surface area contributed by atoms with Crippen LogP contribution in [0, 0.1) is 0 Å². The summed E-state index contributed by atoms with van der Waals surface area (Å²) in [6, 6.07) is 4.74. The molecule has 4 rings (SSSR count). The number of Topliss-reactive ketones (excluding diaryl/α,β-unsaturated/α-hetero) is 1. The Kier molecular flexibility index (Phi) is 7.67. The Morgan fingerprint density at radius 2 is 2.00 bits per heavy atom. The highest BCUT2D eigenvalue weighted by atomic mass is 35.5. The van der Waals surface area contributed by atoms with Gasteiger partial charge in [-0.15, -0.1) is 0 Å². The molecule has 0 saturated carbocycles. The largest absolute Gasteiger partial charge is 0.445 e. The topological polar surface area (TPSA) is 76.9 Å². The van der Waals surface area contributed by atoms with Crippen molar-refractivity contribution in [1.82, 2.24) is 19.6 Å². The summed E-state index contributed by atoms with van der Waals surface area (Å²) in [5, 5.41) is 4.34. The average molecular weight is 515 g/mol. The summed E-state index contributed by atoms with van der Waals surface area (Å²) in [7, 11) is 0. The van der Waals surface area contributed by atoms with Crippen molar-refractivity contribution in [3.63, 3.8) is 0 Å². The van der Waals surface area contributed by atoms with Gasteiger partial charge in [0.05, 0.1) is 37.1 Å². The fourth-order valence-electron chi connectivity index (χ4n) is 4.21. The molecule has 12 heteroatoms. The van der Waals surface area contributed by atoms with Crippen molar-refractivity contribution in [3.05, 3.63) is 51.8 Å². The van der Waals surface area contributed by atoms with Crippen LogP contribution in [0.3, 0.4) is 0 Å². The number of halogens is 4. The Balaban J connectivity index is 1.37. The molecule has 2 aliphatic heterocycles. The third kappa shape index (κ3) is 6.53. The van der Waals surface area contributed by atoms with Gasteiger partial charge in [-0.2, -0.15) is 18.3 Å². The summed E-state index contributed by atoms with van der Waals surface area (Å²) in [6.07, 6.45) is -4.55. The van der Waals surface area contributed by atoms with Crippen molar-refractivity contribution in [2.45, 2.75) is 45.3 Å². The second-order valence-electron chi connectivity index (χ2n) is 8.76. The quantitative estimate of drug-likeness (QED) is 0.561. The van der Waals surface area contributed by atoms with E-state index in [9.17, 15) is 22.8 Å². The first-order valence-corrected chi connectivity index (χ1v) is 11.7. The molecule has 1 unspecified atom stereocenters. The smallest absolute Gasteiger partial charge is 0.416 e. The normalized spacial score (nSPS) is 19.2. The van der Waals surface area contributed by atoms with E-state index in [4.69, 9.17) is 21.1 Å². The maximum absolute atomic E-state index is 13.0. The van der Waals surface area contributed by atoms with Crippen molar-refractivity contribution < 1.29 is 32.2 Å². The highest BCUT2D eigenvalue weighted by Crippen LogP contribution is 2.32. The number of aromatic nitrogens is 2. The van der Waals surface area contributed by atoms with Gasteiger partial charge < -0.3 is 14.4 Å². The molecule has 1 fully saturated rings. The Bertz CT molecular complexity index is 1090. The van der Waals surface area contributed by atoms with Gasteiger partial charge in [-0.25, -0.2) is 4.79 Å². The molecule has 0 aliphatic carbocycles. The van der Waals surface area contributed by atoms with Crippen molar-refractivity contribution in [1.29, 1.82) is 0 Å². The number of morpholine rings is 1. The number of amides is 1. The number of carbonyl (C=O) groups is 2. The van der Waals surface area contributed by atoms with Gasteiger partial charge in [-0.05, 0) is 43.2 Å². The number of hydrogen-bond donors (Lipinski definition) is 0. The lowest BCUT2D eigenvalue weighted by atomic mass is 10.1. The van der Waals surface area contributed by atoms with E-state index in [-0.39, 0.29) is 42.2 Å². The fraction of sp³-hybridized carbons (Fsp3) is 0.522. The van der Waals surface area contributed by atoms with Crippen LogP contribution >= 0.6 is 11.6 Å². The molecule has 1 saturated heterocycles. The molecule has 3 heterocycles. The molecule has 1 aromatic heterocycles. The van der Waals surface area contributed by atoms with Crippen molar-refractivity contribution in [2.75, 3.05) is 32.8 Å². The number of rotatable bonds is 5. The van der Waals surface area contributed by atoms with Crippen LogP contribution in [0.5, 0.6) is 0 Å². The minimum absolute atomic E-state index is 0.0711. The Labute approximate surface area is 205 Å². The third-order valence-corrected chi connectivity index (χ3v) is 6.12. The number of aryl methyl sites for hydroxylation is 1. The minimum Gasteiger partial charge on any atom is -0.445 e. The molecule has 0 bridgehead atoms. The number of ketones is 1. The number of ether oxygens (including phenoxy) is 2. The second-order valence-corrected chi connectivity index (χ2v) is 9.20. The lowest BCUT2D eigenvalue weighted by Gasteiger charge is -2.30. The van der Waals surface area contributed by atoms with E-state index in [2.05, 4.69) is 5.10 Å². The standard InChI is InChI=1S/C23H26ClF3N4O4/c1-15-11-29(5-6-34-15)13-21(32)20-10-19-12-30(3-2-4-31(19)28-20)22(33)35-14-16-7-17(23(25,26)27)9-18(24)8-16/h7-10,15H,2-6,11-14H2,1H3. The van der Waals surface area contributed by atoms with E-state index < -0.39 is 17.8 Å². The number of nitrogens with zero attached hydrogens (tertiary/aromatic N) is 4. The van der Waals surface area contributed by atoms with E-state index in [0.717, 1.165) is 12.1 Å². The summed E-state index contributed by atoms with van der Waals surface area (Å²) < 4.78 is 51.5. The Morgan fingerprint density at radius 1 is 1.20 bits per heavy atom. The van der Waals surface area contributed by atoms with Gasteiger partial charge in [0.15, 0.2) is 5.78 Å². The van der Waals surface area contributed by atoms with E-state index in [1.807, 2.05) is 11.8 Å². The highest BCUT2D eigenvalue weighted by Gasteiger charge is 2.31. The van der Waals surface area contributed by atoms with E-state index in [0.29, 0.717) is 50.6 Å². The summed E-state index contributed by atoms with van der Waals surface area (Å²) in [5.41, 5.74) is 0.273. The van der Waals surface area contributed by atoms with Gasteiger partial charge in [0.25, 0.3) is 0 Å². The molecule has 1 aromatic carbocycles. The van der Waals surface area contributed by atoms with Crippen LogP contribution in [0.1, 0.15) is 40.7 Å². The number of carbonyl (C=O) groups excluding carboxylic acids is 2. The zero-order valence-electron chi connectivity index (χ0n) is 19.2. The van der Waals surface area contributed by atoms with Crippen LogP contribution in [0.2, 0.25) is 5.02 Å². The van der Waals surface area contributed by atoms with Crippen LogP contribution < -0.4 is 0 Å². The maximum Gasteiger partial charge on any atom is 0.416 e. The van der Waals surface area contributed by atoms with Crippen molar-refractivity contribution in [2.24, 2.45) is 0 Å². The van der Waals surface area contributed by atoms with Crippen LogP contribution in [-0.4, -0.2) is 70.3 Å². The molecule has 2 aromatic rings. The first-order valence-electron chi connectivity index (χ1n) is 11.3. The van der Waals surface area contributed by atoms with Crippen LogP contribution in [0.15, 0.2) is 24.3 Å². The SMILES string of the molecule is CC1CN(CC(=O)c2cc3n(n2)CCCN(C(=O)OCc2cc(Cl)cc(C(F)(F)F)c2)C3)CCO1. The molecule has 0 spiro atoms. The molecular formula is C23H26ClF3N4O4. The summed E-state index contributed by atoms with van der Waals surface area (Å²) in [5.74, 6) is -0.102. The van der Waals surface area contributed by atoms with Gasteiger partial charge in [0.1, 0.15) is 12.3 Å². The average Bonchev–Trinajstić information content (AvgIpc) is 3.08. The van der Waals surface area contributed by atoms with Crippen LogP contribution in [0.4, 0.5) is 18.0 Å². The number of hydrogen-bond acceptors (Lipinski definition) is 6. The molecule has 0 N–H and O–H groups in total. The molecule has 1 atom stereocenters. The van der Waals surface area contributed by atoms with Gasteiger partial charge in [0, 0.05) is 31.2 Å². The Morgan fingerprint density at radius 3 is 2.74 bits per heavy atom. The van der Waals surface area contributed by atoms with E-state index >= 15 is 0 Å². The van der Waals surface area contributed by atoms with Gasteiger partial charge in [-0.3, -0.25) is 14.4 Å². The van der Waals surface area contributed by atoms with Crippen LogP contribution in [0.25, 0.3) is 0 Å². The van der Waals surface area contributed by atoms with E-state index in [1.54, 1.807) is 10.7 Å². The highest BCUT2D eigenvalue weighted by molar-refractivity contribution is 6.30. The lowest BCUT2D eigenvalue weighted by Crippen LogP contribution is -2.43. The van der Waals surface area contributed by atoms with Gasteiger partial charge in [-0.1, -0.05) is 11.6 Å². The zero-order chi connectivity index (χ0) is 25.2. The maximum atomic E-state index is 13.0. The summed E-state index contributed by atoms with van der Waals surface area (Å²) in [4.78, 5) is 28.9. The predicted molar refractivity (Wildman–Crippen MR) is 120 cm³/mol. The number of benzene rings is 1. The number of fused-ring (bicyclic) bond motifs is 1. The second kappa shape index (κ2) is 10.5. The molecule has 2 aliphatic rings. The van der Waals surface area contributed by atoms with Crippen molar-refractivity contribution in [3.8, 4) is 0 Å². The molecular weight excluding hydrogens is 489 g/mol. The predicted octanol–water partition coefficient (Wildman–Crippen LogP) is 4.00. The first-order chi connectivity index (χ1) is 16.6. The van der Waals surface area contributed by atoms with Crippen molar-refractivity contribution >= 4 is 23.5 Å². The first kappa shape index (κ1) is 25.5. The Hall–Kier alpha value is -2.63. The molecule has 35 heavy (non-hydrogen) atoms. The van der Waals surface area contributed by atoms with Gasteiger partial charge >= 0.3 is 12.3 Å². The fourth-order valence-corrected chi connectivity index (χ4v) is 4.46. The molecule has 0 radical (unpaired) electrons. The zero-order valence-corrected chi connectivity index (χ0v) is 19.9. The molecule has 190 valence electrons. The summed E-state index contributed by atoms with van der Waals surface area (Å²) in [6.45, 7) is 4.90.